The zero-order chi connectivity index (χ0) is 14.5. The Balaban J connectivity index is 1.83. The molecule has 1 fully saturated rings. The smallest absolute Gasteiger partial charge is 0.0350 e. The highest BCUT2D eigenvalue weighted by Crippen LogP contribution is 2.34. The number of hydrogen-bond donors (Lipinski definition) is 0. The van der Waals surface area contributed by atoms with Crippen LogP contribution in [-0.4, -0.2) is 24.0 Å². The summed E-state index contributed by atoms with van der Waals surface area (Å²) in [5, 5.41) is 0. The van der Waals surface area contributed by atoms with Crippen LogP contribution in [0.4, 0.5) is 0 Å². The van der Waals surface area contributed by atoms with E-state index in [4.69, 9.17) is 0 Å². The van der Waals surface area contributed by atoms with Crippen LogP contribution in [-0.2, 0) is 0 Å². The molecule has 1 saturated heterocycles. The van der Waals surface area contributed by atoms with Gasteiger partial charge < -0.3 is 0 Å². The van der Waals surface area contributed by atoms with Gasteiger partial charge in [-0.05, 0) is 30.6 Å². The molecule has 3 rings (SSSR count). The second-order valence-electron chi connectivity index (χ2n) is 5.69. The van der Waals surface area contributed by atoms with E-state index >= 15 is 0 Å². The van der Waals surface area contributed by atoms with Gasteiger partial charge in [0, 0.05) is 12.0 Å². The minimum Gasteiger partial charge on any atom is -0.297 e. The van der Waals surface area contributed by atoms with E-state index in [1.807, 2.05) is 0 Å². The van der Waals surface area contributed by atoms with Crippen molar-refractivity contribution in [1.82, 2.24) is 4.90 Å². The molecule has 0 spiro atoms. The second-order valence-corrected chi connectivity index (χ2v) is 5.69. The lowest BCUT2D eigenvalue weighted by Gasteiger charge is -2.24. The number of likely N-dealkylation sites (tertiary alicyclic amines) is 1. The maximum absolute atomic E-state index is 2.58. The summed E-state index contributed by atoms with van der Waals surface area (Å²) in [5.41, 5.74) is 2.75. The van der Waals surface area contributed by atoms with Crippen molar-refractivity contribution in [2.24, 2.45) is 0 Å². The van der Waals surface area contributed by atoms with Crippen molar-refractivity contribution in [1.29, 1.82) is 0 Å². The molecule has 0 amide bonds. The van der Waals surface area contributed by atoms with Crippen molar-refractivity contribution < 1.29 is 0 Å². The largest absolute Gasteiger partial charge is 0.297 e. The Morgan fingerprint density at radius 3 is 2.33 bits per heavy atom. The fourth-order valence-corrected chi connectivity index (χ4v) is 3.34. The SMILES string of the molecule is CCN1CC[C@H](c2ccccc2)[C@H]1/C=C/c1ccccc1. The zero-order valence-corrected chi connectivity index (χ0v) is 12.7. The Morgan fingerprint density at radius 2 is 1.67 bits per heavy atom. The zero-order valence-electron chi connectivity index (χ0n) is 12.7. The first-order chi connectivity index (χ1) is 10.4. The number of rotatable bonds is 4. The van der Waals surface area contributed by atoms with E-state index in [1.54, 1.807) is 0 Å². The molecule has 21 heavy (non-hydrogen) atoms. The molecule has 1 aliphatic heterocycles. The topological polar surface area (TPSA) is 3.24 Å². The molecule has 0 N–H and O–H groups in total. The summed E-state index contributed by atoms with van der Waals surface area (Å²) in [6, 6.07) is 22.1. The van der Waals surface area contributed by atoms with Gasteiger partial charge in [-0.25, -0.2) is 0 Å². The highest BCUT2D eigenvalue weighted by Gasteiger charge is 2.31. The summed E-state index contributed by atoms with van der Waals surface area (Å²) in [5.74, 6) is 0.617. The Hall–Kier alpha value is -1.86. The molecule has 0 radical (unpaired) electrons. The van der Waals surface area contributed by atoms with Crippen molar-refractivity contribution in [3.05, 3.63) is 77.9 Å². The van der Waals surface area contributed by atoms with Crippen LogP contribution < -0.4 is 0 Å². The number of likely N-dealkylation sites (N-methyl/N-ethyl adjacent to an activating group) is 1. The van der Waals surface area contributed by atoms with Crippen LogP contribution in [0.1, 0.15) is 30.4 Å². The van der Waals surface area contributed by atoms with E-state index in [1.165, 1.54) is 24.1 Å². The van der Waals surface area contributed by atoms with Crippen LogP contribution in [0.3, 0.4) is 0 Å². The summed E-state index contributed by atoms with van der Waals surface area (Å²) in [6.07, 6.45) is 5.92. The van der Waals surface area contributed by atoms with Gasteiger partial charge in [0.05, 0.1) is 0 Å². The monoisotopic (exact) mass is 277 g/mol. The van der Waals surface area contributed by atoms with Crippen LogP contribution in [0.5, 0.6) is 0 Å². The Labute approximate surface area is 127 Å². The minimum absolute atomic E-state index is 0.512. The summed E-state index contributed by atoms with van der Waals surface area (Å²) in [6.45, 7) is 4.57. The normalized spacial score (nSPS) is 22.9. The van der Waals surface area contributed by atoms with Crippen molar-refractivity contribution in [3.63, 3.8) is 0 Å². The van der Waals surface area contributed by atoms with Crippen molar-refractivity contribution in [3.8, 4) is 0 Å². The van der Waals surface area contributed by atoms with Gasteiger partial charge in [0.15, 0.2) is 0 Å². The molecule has 108 valence electrons. The number of hydrogen-bond acceptors (Lipinski definition) is 1. The Bertz CT molecular complexity index is 573. The molecule has 1 aliphatic rings. The molecular formula is C20H23N. The standard InChI is InChI=1S/C20H23N/c1-2-21-16-15-19(18-11-7-4-8-12-18)20(21)14-13-17-9-5-3-6-10-17/h3-14,19-20H,2,15-16H2,1H3/b14-13+/t19-,20-/m1/s1. The highest BCUT2D eigenvalue weighted by molar-refractivity contribution is 5.50. The average molecular weight is 277 g/mol. The van der Waals surface area contributed by atoms with Crippen LogP contribution in [0.15, 0.2) is 66.7 Å². The molecule has 2 atom stereocenters. The van der Waals surface area contributed by atoms with E-state index in [0.29, 0.717) is 12.0 Å². The Kier molecular flexibility index (Phi) is 4.52. The molecule has 0 aliphatic carbocycles. The van der Waals surface area contributed by atoms with Gasteiger partial charge in [-0.1, -0.05) is 79.7 Å². The maximum Gasteiger partial charge on any atom is 0.0350 e. The van der Waals surface area contributed by atoms with Gasteiger partial charge in [-0.3, -0.25) is 4.90 Å². The first-order valence-corrected chi connectivity index (χ1v) is 7.90. The predicted molar refractivity (Wildman–Crippen MR) is 90.3 cm³/mol. The van der Waals surface area contributed by atoms with Gasteiger partial charge in [0.1, 0.15) is 0 Å². The van der Waals surface area contributed by atoms with E-state index in [2.05, 4.69) is 84.6 Å². The lowest BCUT2D eigenvalue weighted by atomic mass is 9.91. The third-order valence-electron chi connectivity index (χ3n) is 4.48. The fraction of sp³-hybridized carbons (Fsp3) is 0.300. The minimum atomic E-state index is 0.512. The van der Waals surface area contributed by atoms with Crippen LogP contribution in [0.25, 0.3) is 6.08 Å². The third kappa shape index (κ3) is 3.25. The van der Waals surface area contributed by atoms with Crippen molar-refractivity contribution >= 4 is 6.08 Å². The van der Waals surface area contributed by atoms with E-state index < -0.39 is 0 Å². The summed E-state index contributed by atoms with van der Waals surface area (Å²) in [7, 11) is 0. The summed E-state index contributed by atoms with van der Waals surface area (Å²) < 4.78 is 0. The molecule has 2 aromatic carbocycles. The highest BCUT2D eigenvalue weighted by atomic mass is 15.2. The number of nitrogens with zero attached hydrogens (tertiary/aromatic N) is 1. The first kappa shape index (κ1) is 14.1. The van der Waals surface area contributed by atoms with Crippen LogP contribution in [0.2, 0.25) is 0 Å². The van der Waals surface area contributed by atoms with Gasteiger partial charge in [0.2, 0.25) is 0 Å². The lowest BCUT2D eigenvalue weighted by Crippen LogP contribution is -2.30. The predicted octanol–water partition coefficient (Wildman–Crippen LogP) is 4.58. The summed E-state index contributed by atoms with van der Waals surface area (Å²) in [4.78, 5) is 2.58. The average Bonchev–Trinajstić information content (AvgIpc) is 2.97. The van der Waals surface area contributed by atoms with Gasteiger partial charge in [-0.15, -0.1) is 0 Å². The summed E-state index contributed by atoms with van der Waals surface area (Å²) >= 11 is 0. The quantitative estimate of drug-likeness (QED) is 0.791. The van der Waals surface area contributed by atoms with Crippen molar-refractivity contribution in [2.45, 2.75) is 25.3 Å². The van der Waals surface area contributed by atoms with Crippen LogP contribution >= 0.6 is 0 Å². The molecule has 0 saturated carbocycles. The Morgan fingerprint density at radius 1 is 1.00 bits per heavy atom. The molecule has 1 heterocycles. The van der Waals surface area contributed by atoms with E-state index in [9.17, 15) is 0 Å². The molecular weight excluding hydrogens is 254 g/mol. The van der Waals surface area contributed by atoms with Gasteiger partial charge in [-0.2, -0.15) is 0 Å². The van der Waals surface area contributed by atoms with E-state index in [0.717, 1.165) is 6.54 Å². The molecule has 1 heteroatoms. The van der Waals surface area contributed by atoms with Crippen LogP contribution in [0, 0.1) is 0 Å². The van der Waals surface area contributed by atoms with Crippen molar-refractivity contribution in [2.75, 3.05) is 13.1 Å². The lowest BCUT2D eigenvalue weighted by molar-refractivity contribution is 0.298. The fourth-order valence-electron chi connectivity index (χ4n) is 3.34. The number of benzene rings is 2. The second kappa shape index (κ2) is 6.73. The molecule has 0 unspecified atom stereocenters. The molecule has 0 bridgehead atoms. The molecule has 1 nitrogen and oxygen atoms in total. The maximum atomic E-state index is 2.58. The molecule has 0 aromatic heterocycles. The first-order valence-electron chi connectivity index (χ1n) is 7.90. The molecule has 2 aromatic rings. The third-order valence-corrected chi connectivity index (χ3v) is 4.48. The van der Waals surface area contributed by atoms with Gasteiger partial charge in [0.25, 0.3) is 0 Å². The van der Waals surface area contributed by atoms with E-state index in [-0.39, 0.29) is 0 Å². The van der Waals surface area contributed by atoms with Gasteiger partial charge >= 0.3 is 0 Å².